The van der Waals surface area contributed by atoms with Crippen LogP contribution in [0, 0.1) is 0 Å². The molecule has 1 heterocycles. The molecule has 1 fully saturated rings. The van der Waals surface area contributed by atoms with Gasteiger partial charge in [-0.25, -0.2) is 0 Å². The van der Waals surface area contributed by atoms with Gasteiger partial charge in [0.2, 0.25) is 0 Å². The molecule has 1 aromatic carbocycles. The van der Waals surface area contributed by atoms with Crippen molar-refractivity contribution < 1.29 is 22.8 Å². The van der Waals surface area contributed by atoms with E-state index < -0.39 is 8.80 Å². The summed E-state index contributed by atoms with van der Waals surface area (Å²) in [6.07, 6.45) is 6.53. The van der Waals surface area contributed by atoms with Crippen LogP contribution in [-0.2, 0) is 18.0 Å². The predicted molar refractivity (Wildman–Crippen MR) is 110 cm³/mol. The summed E-state index contributed by atoms with van der Waals surface area (Å²) in [7, 11) is -2.92. The van der Waals surface area contributed by atoms with Gasteiger partial charge in [0.15, 0.2) is 0 Å². The highest BCUT2D eigenvalue weighted by Gasteiger charge is 2.44. The van der Waals surface area contributed by atoms with E-state index in [1.54, 1.807) is 0 Å². The van der Waals surface area contributed by atoms with Crippen LogP contribution in [0.1, 0.15) is 59.3 Å². The second kappa shape index (κ2) is 12.5. The number of benzene rings is 1. The lowest BCUT2D eigenvalue weighted by molar-refractivity contribution is 0.0700. The van der Waals surface area contributed by atoms with Gasteiger partial charge in [-0.2, -0.15) is 0 Å². The van der Waals surface area contributed by atoms with Crippen LogP contribution in [0.3, 0.4) is 0 Å². The topological polar surface area (TPSA) is 49.5 Å². The third-order valence-corrected chi connectivity index (χ3v) is 7.21. The molecule has 2 rings (SSSR count). The van der Waals surface area contributed by atoms with Crippen molar-refractivity contribution in [3.8, 4) is 5.75 Å². The molecule has 154 valence electrons. The Bertz CT molecular complexity index is 477. The molecule has 0 bridgehead atoms. The lowest BCUT2D eigenvalue weighted by Gasteiger charge is -2.30. The van der Waals surface area contributed by atoms with Crippen LogP contribution in [-0.4, -0.2) is 47.9 Å². The maximum Gasteiger partial charge on any atom is 0.537 e. The van der Waals surface area contributed by atoms with Gasteiger partial charge in [0.1, 0.15) is 18.5 Å². The van der Waals surface area contributed by atoms with E-state index >= 15 is 0 Å². The van der Waals surface area contributed by atoms with Crippen molar-refractivity contribution in [2.45, 2.75) is 65.4 Å². The van der Waals surface area contributed by atoms with Crippen molar-refractivity contribution in [3.63, 3.8) is 0 Å². The zero-order chi connectivity index (χ0) is 19.4. The highest BCUT2D eigenvalue weighted by molar-refractivity contribution is 6.75. The Labute approximate surface area is 165 Å². The first kappa shape index (κ1) is 22.4. The minimum atomic E-state index is -2.92. The molecule has 1 unspecified atom stereocenters. The lowest BCUT2D eigenvalue weighted by Crippen LogP contribution is -2.57. The zero-order valence-electron chi connectivity index (χ0n) is 17.2. The molecule has 1 aliphatic rings. The largest absolute Gasteiger partial charge is 0.537 e. The maximum absolute atomic E-state index is 6.33. The Balaban J connectivity index is 2.11. The standard InChI is InChI=1S/C21H36O5Si/c1-4-7-14-24-27(25-15-8-5-2,26-16-9-6-3)21-12-10-19(11-13-21)22-17-20-18-23-20/h10-13,20H,4-9,14-18H2,1-3H3. The van der Waals surface area contributed by atoms with Crippen molar-refractivity contribution in [3.05, 3.63) is 24.3 Å². The highest BCUT2D eigenvalue weighted by Crippen LogP contribution is 2.18. The molecular formula is C21H36O5Si. The minimum absolute atomic E-state index is 0.255. The van der Waals surface area contributed by atoms with E-state index in [1.807, 2.05) is 24.3 Å². The predicted octanol–water partition coefficient (Wildman–Crippen LogP) is 4.06. The first-order valence-corrected chi connectivity index (χ1v) is 12.2. The summed E-state index contributed by atoms with van der Waals surface area (Å²) in [5.41, 5.74) is 0. The minimum Gasteiger partial charge on any atom is -0.491 e. The summed E-state index contributed by atoms with van der Waals surface area (Å²) in [4.78, 5) is 0. The number of ether oxygens (including phenoxy) is 2. The molecular weight excluding hydrogens is 360 g/mol. The summed E-state index contributed by atoms with van der Waals surface area (Å²) in [6.45, 7) is 9.90. The van der Waals surface area contributed by atoms with Gasteiger partial charge in [-0.15, -0.1) is 0 Å². The third-order valence-electron chi connectivity index (χ3n) is 4.42. The quantitative estimate of drug-likeness (QED) is 0.240. The highest BCUT2D eigenvalue weighted by atomic mass is 28.4. The van der Waals surface area contributed by atoms with Crippen LogP contribution in [0.4, 0.5) is 0 Å². The summed E-state index contributed by atoms with van der Waals surface area (Å²) in [5.74, 6) is 0.841. The van der Waals surface area contributed by atoms with Gasteiger partial charge >= 0.3 is 8.80 Å². The molecule has 1 aromatic rings. The normalized spacial score (nSPS) is 16.5. The van der Waals surface area contributed by atoms with Gasteiger partial charge < -0.3 is 22.8 Å². The molecule has 1 aliphatic heterocycles. The number of hydrogen-bond acceptors (Lipinski definition) is 5. The Hall–Kier alpha value is -0.923. The van der Waals surface area contributed by atoms with Gasteiger partial charge in [-0.05, 0) is 31.4 Å². The zero-order valence-corrected chi connectivity index (χ0v) is 18.2. The first-order chi connectivity index (χ1) is 13.2. The van der Waals surface area contributed by atoms with Crippen LogP contribution in [0.15, 0.2) is 24.3 Å². The van der Waals surface area contributed by atoms with E-state index in [4.69, 9.17) is 22.8 Å². The van der Waals surface area contributed by atoms with Gasteiger partial charge in [0.05, 0.1) is 6.61 Å². The van der Waals surface area contributed by atoms with Crippen molar-refractivity contribution in [2.24, 2.45) is 0 Å². The van der Waals surface area contributed by atoms with E-state index in [0.29, 0.717) is 26.4 Å². The Kier molecular flexibility index (Phi) is 10.4. The van der Waals surface area contributed by atoms with Crippen molar-refractivity contribution in [1.82, 2.24) is 0 Å². The molecule has 6 heteroatoms. The SMILES string of the molecule is CCCCO[Si](OCCCC)(OCCCC)c1ccc(OCC2CO2)cc1. The molecule has 27 heavy (non-hydrogen) atoms. The van der Waals surface area contributed by atoms with Gasteiger partial charge in [0.25, 0.3) is 0 Å². The molecule has 0 amide bonds. The fourth-order valence-corrected chi connectivity index (χ4v) is 5.10. The fraction of sp³-hybridized carbons (Fsp3) is 0.714. The molecule has 0 saturated carbocycles. The fourth-order valence-electron chi connectivity index (χ4n) is 2.54. The van der Waals surface area contributed by atoms with Crippen molar-refractivity contribution >= 4 is 14.0 Å². The molecule has 0 N–H and O–H groups in total. The maximum atomic E-state index is 6.33. The van der Waals surface area contributed by atoms with Crippen molar-refractivity contribution in [2.75, 3.05) is 33.0 Å². The van der Waals surface area contributed by atoms with Crippen LogP contribution >= 0.6 is 0 Å². The molecule has 1 saturated heterocycles. The summed E-state index contributed by atoms with van der Waals surface area (Å²) in [6, 6.07) is 8.04. The first-order valence-electron chi connectivity index (χ1n) is 10.5. The Morgan fingerprint density at radius 1 is 0.852 bits per heavy atom. The van der Waals surface area contributed by atoms with E-state index in [9.17, 15) is 0 Å². The lowest BCUT2D eigenvalue weighted by atomic mass is 10.3. The Morgan fingerprint density at radius 3 is 1.74 bits per heavy atom. The second-order valence-corrected chi connectivity index (χ2v) is 9.51. The molecule has 5 nitrogen and oxygen atoms in total. The molecule has 0 radical (unpaired) electrons. The molecule has 0 spiro atoms. The second-order valence-electron chi connectivity index (χ2n) is 6.95. The van der Waals surface area contributed by atoms with Crippen LogP contribution in [0.5, 0.6) is 5.75 Å². The van der Waals surface area contributed by atoms with Crippen molar-refractivity contribution in [1.29, 1.82) is 0 Å². The Morgan fingerprint density at radius 2 is 1.33 bits per heavy atom. The van der Waals surface area contributed by atoms with E-state index in [-0.39, 0.29) is 6.10 Å². The molecule has 0 aliphatic carbocycles. The number of unbranched alkanes of at least 4 members (excludes halogenated alkanes) is 3. The summed E-state index contributed by atoms with van der Waals surface area (Å²) in [5, 5.41) is 1.01. The van der Waals surface area contributed by atoms with Crippen LogP contribution in [0.2, 0.25) is 0 Å². The molecule has 0 aromatic heterocycles. The van der Waals surface area contributed by atoms with E-state index in [1.165, 1.54) is 0 Å². The number of hydrogen-bond donors (Lipinski definition) is 0. The summed E-state index contributed by atoms with van der Waals surface area (Å²) >= 11 is 0. The van der Waals surface area contributed by atoms with Gasteiger partial charge in [-0.3, -0.25) is 0 Å². The van der Waals surface area contributed by atoms with Gasteiger partial charge in [0, 0.05) is 25.0 Å². The number of rotatable bonds is 16. The smallest absolute Gasteiger partial charge is 0.491 e. The van der Waals surface area contributed by atoms with E-state index in [2.05, 4.69) is 20.8 Å². The van der Waals surface area contributed by atoms with E-state index in [0.717, 1.165) is 56.1 Å². The molecule has 1 atom stereocenters. The number of epoxide rings is 1. The van der Waals surface area contributed by atoms with Crippen LogP contribution < -0.4 is 9.92 Å². The third kappa shape index (κ3) is 7.91. The average Bonchev–Trinajstić information content (AvgIpc) is 3.51. The van der Waals surface area contributed by atoms with Crippen LogP contribution in [0.25, 0.3) is 0 Å². The average molecular weight is 397 g/mol. The van der Waals surface area contributed by atoms with Gasteiger partial charge in [-0.1, -0.05) is 52.2 Å². The monoisotopic (exact) mass is 396 g/mol. The summed E-state index contributed by atoms with van der Waals surface area (Å²) < 4.78 is 29.9.